The summed E-state index contributed by atoms with van der Waals surface area (Å²) in [5, 5.41) is 0. The molecule has 0 aromatic heterocycles. The minimum Gasteiger partial charge on any atom is -0.311 e. The van der Waals surface area contributed by atoms with E-state index in [0.717, 1.165) is 0 Å². The van der Waals surface area contributed by atoms with E-state index in [1.165, 1.54) is 36.4 Å². The second kappa shape index (κ2) is 6.28. The molecule has 0 unspecified atom stereocenters. The van der Waals surface area contributed by atoms with Crippen molar-refractivity contribution >= 4 is 17.4 Å². The fourth-order valence-electron chi connectivity index (χ4n) is 2.65. The third-order valence-electron chi connectivity index (χ3n) is 4.04. The zero-order chi connectivity index (χ0) is 16.4. The van der Waals surface area contributed by atoms with Crippen LogP contribution in [0.25, 0.3) is 0 Å². The topological polar surface area (TPSA) is 37.4 Å². The van der Waals surface area contributed by atoms with E-state index in [0.29, 0.717) is 24.2 Å². The Hall–Kier alpha value is -2.56. The van der Waals surface area contributed by atoms with Crippen molar-refractivity contribution in [2.75, 3.05) is 11.4 Å². The monoisotopic (exact) mass is 315 g/mol. The molecule has 0 saturated carbocycles. The number of carbonyl (C=O) groups is 2. The summed E-state index contributed by atoms with van der Waals surface area (Å²) in [6.07, 6.45) is 0.714. The number of halogens is 2. The van der Waals surface area contributed by atoms with Gasteiger partial charge >= 0.3 is 0 Å². The number of hydrogen-bond donors (Lipinski definition) is 0. The van der Waals surface area contributed by atoms with E-state index in [9.17, 15) is 18.4 Å². The number of anilines is 1. The van der Waals surface area contributed by atoms with Crippen LogP contribution in [-0.4, -0.2) is 18.2 Å². The summed E-state index contributed by atoms with van der Waals surface area (Å²) >= 11 is 0. The first kappa shape index (κ1) is 15.3. The normalized spacial score (nSPS) is 17.0. The van der Waals surface area contributed by atoms with Gasteiger partial charge in [-0.2, -0.15) is 0 Å². The Morgan fingerprint density at radius 2 is 1.57 bits per heavy atom. The van der Waals surface area contributed by atoms with Crippen LogP contribution in [0, 0.1) is 17.6 Å². The lowest BCUT2D eigenvalue weighted by Gasteiger charge is -2.38. The molecule has 1 aliphatic rings. The number of β-lactam (4-membered cyclic amide) rings is 1. The largest absolute Gasteiger partial charge is 0.311 e. The van der Waals surface area contributed by atoms with E-state index < -0.39 is 0 Å². The molecule has 2 aromatic rings. The number of nitrogens with zero attached hydrogens (tertiary/aromatic N) is 1. The quantitative estimate of drug-likeness (QED) is 0.624. The smallest absolute Gasteiger partial charge is 0.231 e. The number of Topliss-reactive ketones (excluding diaryl/α,β-unsaturated/α-hetero) is 1. The van der Waals surface area contributed by atoms with Gasteiger partial charge in [-0.15, -0.1) is 0 Å². The van der Waals surface area contributed by atoms with E-state index in [2.05, 4.69) is 0 Å². The highest BCUT2D eigenvalue weighted by atomic mass is 19.1. The Morgan fingerprint density at radius 3 is 2.13 bits per heavy atom. The van der Waals surface area contributed by atoms with Crippen molar-refractivity contribution in [2.24, 2.45) is 5.92 Å². The number of ketones is 1. The van der Waals surface area contributed by atoms with Crippen LogP contribution in [0.5, 0.6) is 0 Å². The summed E-state index contributed by atoms with van der Waals surface area (Å²) in [5.74, 6) is -1.07. The van der Waals surface area contributed by atoms with Gasteiger partial charge in [0, 0.05) is 24.2 Å². The molecule has 3 rings (SSSR count). The second-order valence-electron chi connectivity index (χ2n) is 5.59. The molecule has 0 radical (unpaired) electrons. The highest BCUT2D eigenvalue weighted by Crippen LogP contribution is 2.29. The number of rotatable bonds is 5. The van der Waals surface area contributed by atoms with Crippen molar-refractivity contribution in [3.05, 3.63) is 65.7 Å². The van der Waals surface area contributed by atoms with Crippen molar-refractivity contribution in [3.8, 4) is 0 Å². The number of benzene rings is 2. The van der Waals surface area contributed by atoms with Crippen molar-refractivity contribution in [1.82, 2.24) is 0 Å². The van der Waals surface area contributed by atoms with E-state index in [4.69, 9.17) is 0 Å². The summed E-state index contributed by atoms with van der Waals surface area (Å²) in [5.41, 5.74) is 1.12. The molecule has 0 bridgehead atoms. The average Bonchev–Trinajstić information content (AvgIpc) is 2.55. The number of carbonyl (C=O) groups excluding carboxylic acids is 2. The minimum absolute atomic E-state index is 0.0523. The molecule has 1 fully saturated rings. The third kappa shape index (κ3) is 3.28. The van der Waals surface area contributed by atoms with Gasteiger partial charge in [-0.3, -0.25) is 9.59 Å². The molecule has 23 heavy (non-hydrogen) atoms. The summed E-state index contributed by atoms with van der Waals surface area (Å²) in [6.45, 7) is 0.529. The van der Waals surface area contributed by atoms with Crippen LogP contribution in [-0.2, 0) is 4.79 Å². The second-order valence-corrected chi connectivity index (χ2v) is 5.59. The maximum absolute atomic E-state index is 12.9. The molecule has 118 valence electrons. The van der Waals surface area contributed by atoms with Crippen molar-refractivity contribution in [1.29, 1.82) is 0 Å². The first-order valence-electron chi connectivity index (χ1n) is 7.40. The summed E-state index contributed by atoms with van der Waals surface area (Å²) in [7, 11) is 0. The molecule has 0 spiro atoms. The summed E-state index contributed by atoms with van der Waals surface area (Å²) < 4.78 is 25.7. The minimum atomic E-state index is -0.384. The Labute approximate surface area is 132 Å². The lowest BCUT2D eigenvalue weighted by Crippen LogP contribution is -2.52. The molecule has 1 atom stereocenters. The molecule has 3 nitrogen and oxygen atoms in total. The molecular formula is C18H15F2NO2. The lowest BCUT2D eigenvalue weighted by atomic mass is 9.90. The van der Waals surface area contributed by atoms with E-state index in [1.54, 1.807) is 17.0 Å². The highest BCUT2D eigenvalue weighted by Gasteiger charge is 2.37. The van der Waals surface area contributed by atoms with Gasteiger partial charge in [0.15, 0.2) is 5.78 Å². The predicted molar refractivity (Wildman–Crippen MR) is 82.2 cm³/mol. The number of hydrogen-bond acceptors (Lipinski definition) is 2. The van der Waals surface area contributed by atoms with Crippen LogP contribution in [0.2, 0.25) is 0 Å². The fraction of sp³-hybridized carbons (Fsp3) is 0.222. The zero-order valence-corrected chi connectivity index (χ0v) is 12.3. The van der Waals surface area contributed by atoms with Crippen molar-refractivity contribution in [3.63, 3.8) is 0 Å². The highest BCUT2D eigenvalue weighted by molar-refractivity contribution is 6.02. The fourth-order valence-corrected chi connectivity index (χ4v) is 2.65. The van der Waals surface area contributed by atoms with Crippen LogP contribution in [0.3, 0.4) is 0 Å². The predicted octanol–water partition coefficient (Wildman–Crippen LogP) is 3.59. The molecule has 0 N–H and O–H groups in total. The van der Waals surface area contributed by atoms with E-state index in [-0.39, 0.29) is 35.7 Å². The van der Waals surface area contributed by atoms with E-state index in [1.807, 2.05) is 0 Å². The number of amides is 1. The van der Waals surface area contributed by atoms with Crippen LogP contribution < -0.4 is 4.90 Å². The molecular weight excluding hydrogens is 300 g/mol. The SMILES string of the molecule is O=C(CC[C@@H]1CN(c2ccc(F)cc2)C1=O)c1ccc(F)cc1. The lowest BCUT2D eigenvalue weighted by molar-refractivity contribution is -0.127. The van der Waals surface area contributed by atoms with Gasteiger partial charge in [-0.05, 0) is 55.0 Å². The standard InChI is InChI=1S/C18H15F2NO2/c19-14-4-1-12(2-5-14)17(22)10-3-13-11-21(18(13)23)16-8-6-15(20)7-9-16/h1-2,4-9,13H,3,10-11H2/t13-/m1/s1. The molecule has 1 heterocycles. The molecule has 5 heteroatoms. The first-order valence-corrected chi connectivity index (χ1v) is 7.40. The molecule has 0 aliphatic carbocycles. The summed E-state index contributed by atoms with van der Waals surface area (Å²) in [4.78, 5) is 25.7. The van der Waals surface area contributed by atoms with Gasteiger partial charge in [-0.25, -0.2) is 8.78 Å². The molecule has 1 aliphatic heterocycles. The Balaban J connectivity index is 1.53. The molecule has 1 saturated heterocycles. The Kier molecular flexibility index (Phi) is 4.19. The maximum atomic E-state index is 12.9. The average molecular weight is 315 g/mol. The molecule has 1 amide bonds. The van der Waals surface area contributed by atoms with Crippen molar-refractivity contribution in [2.45, 2.75) is 12.8 Å². The van der Waals surface area contributed by atoms with Gasteiger partial charge in [0.05, 0.1) is 5.92 Å². The maximum Gasteiger partial charge on any atom is 0.231 e. The zero-order valence-electron chi connectivity index (χ0n) is 12.3. The Morgan fingerprint density at radius 1 is 1.00 bits per heavy atom. The molecule has 2 aromatic carbocycles. The van der Waals surface area contributed by atoms with Crippen LogP contribution >= 0.6 is 0 Å². The van der Waals surface area contributed by atoms with Crippen LogP contribution in [0.1, 0.15) is 23.2 Å². The van der Waals surface area contributed by atoms with Crippen molar-refractivity contribution < 1.29 is 18.4 Å². The van der Waals surface area contributed by atoms with Gasteiger partial charge < -0.3 is 4.90 Å². The summed E-state index contributed by atoms with van der Waals surface area (Å²) in [6, 6.07) is 11.1. The van der Waals surface area contributed by atoms with Crippen LogP contribution in [0.4, 0.5) is 14.5 Å². The van der Waals surface area contributed by atoms with E-state index >= 15 is 0 Å². The Bertz CT molecular complexity index is 726. The first-order chi connectivity index (χ1) is 11.0. The van der Waals surface area contributed by atoms with Gasteiger partial charge in [-0.1, -0.05) is 0 Å². The van der Waals surface area contributed by atoms with Gasteiger partial charge in [0.2, 0.25) is 5.91 Å². The third-order valence-corrected chi connectivity index (χ3v) is 4.04. The van der Waals surface area contributed by atoms with Crippen LogP contribution in [0.15, 0.2) is 48.5 Å². The van der Waals surface area contributed by atoms with Gasteiger partial charge in [0.1, 0.15) is 11.6 Å². The van der Waals surface area contributed by atoms with Gasteiger partial charge in [0.25, 0.3) is 0 Å².